The lowest BCUT2D eigenvalue weighted by Crippen LogP contribution is -2.23. The molecule has 15 heavy (non-hydrogen) atoms. The van der Waals surface area contributed by atoms with Crippen molar-refractivity contribution in [2.24, 2.45) is 5.41 Å². The summed E-state index contributed by atoms with van der Waals surface area (Å²) in [5.74, 6) is 0. The normalized spacial score (nSPS) is 11.7. The van der Waals surface area contributed by atoms with Gasteiger partial charge < -0.3 is 9.84 Å². The molecule has 0 aliphatic heterocycles. The Morgan fingerprint density at radius 1 is 1.33 bits per heavy atom. The summed E-state index contributed by atoms with van der Waals surface area (Å²) >= 11 is 0. The molecule has 0 bridgehead atoms. The van der Waals surface area contributed by atoms with Gasteiger partial charge in [-0.05, 0) is 12.5 Å². The number of hydrogen-bond acceptors (Lipinski definition) is 2. The summed E-state index contributed by atoms with van der Waals surface area (Å²) in [5.41, 5.74) is 2.28. The number of aryl methyl sites for hydroxylation is 1. The maximum Gasteiger partial charge on any atom is 0.0717 e. The van der Waals surface area contributed by atoms with E-state index in [1.807, 2.05) is 19.9 Å². The van der Waals surface area contributed by atoms with E-state index in [9.17, 15) is 0 Å². The summed E-state index contributed by atoms with van der Waals surface area (Å²) in [6.07, 6.45) is 0. The van der Waals surface area contributed by atoms with E-state index in [2.05, 4.69) is 25.1 Å². The molecule has 0 radical (unpaired) electrons. The highest BCUT2D eigenvalue weighted by atomic mass is 16.5. The molecular weight excluding hydrogens is 188 g/mol. The van der Waals surface area contributed by atoms with Crippen molar-refractivity contribution in [1.82, 2.24) is 0 Å². The van der Waals surface area contributed by atoms with Gasteiger partial charge in [-0.15, -0.1) is 0 Å². The Balaban J connectivity index is 2.38. The van der Waals surface area contributed by atoms with Crippen molar-refractivity contribution in [2.75, 3.05) is 13.2 Å². The van der Waals surface area contributed by atoms with Crippen molar-refractivity contribution in [3.63, 3.8) is 0 Å². The lowest BCUT2D eigenvalue weighted by molar-refractivity contribution is 0.0197. The van der Waals surface area contributed by atoms with Gasteiger partial charge in [0.15, 0.2) is 0 Å². The second kappa shape index (κ2) is 5.29. The number of rotatable bonds is 5. The Labute approximate surface area is 91.9 Å². The van der Waals surface area contributed by atoms with Gasteiger partial charge in [0.05, 0.1) is 19.8 Å². The lowest BCUT2D eigenvalue weighted by Gasteiger charge is -2.21. The zero-order valence-electron chi connectivity index (χ0n) is 9.79. The minimum absolute atomic E-state index is 0.149. The van der Waals surface area contributed by atoms with Gasteiger partial charge in [0.1, 0.15) is 0 Å². The smallest absolute Gasteiger partial charge is 0.0717 e. The molecule has 1 rings (SSSR count). The predicted octanol–water partition coefficient (Wildman–Crippen LogP) is 2.53. The minimum atomic E-state index is -0.149. The zero-order chi connectivity index (χ0) is 11.3. The van der Waals surface area contributed by atoms with Crippen LogP contribution < -0.4 is 0 Å². The van der Waals surface area contributed by atoms with E-state index in [1.54, 1.807) is 0 Å². The molecule has 2 heteroatoms. The molecule has 0 aliphatic carbocycles. The number of aliphatic hydroxyl groups is 1. The Kier molecular flexibility index (Phi) is 4.30. The summed E-state index contributed by atoms with van der Waals surface area (Å²) in [4.78, 5) is 0. The van der Waals surface area contributed by atoms with Gasteiger partial charge in [-0.3, -0.25) is 0 Å². The molecule has 84 valence electrons. The molecule has 0 heterocycles. The van der Waals surface area contributed by atoms with Crippen LogP contribution in [0.1, 0.15) is 25.0 Å². The average molecular weight is 208 g/mol. The van der Waals surface area contributed by atoms with Gasteiger partial charge >= 0.3 is 0 Å². The molecule has 0 fully saturated rings. The molecule has 1 aromatic carbocycles. The van der Waals surface area contributed by atoms with Crippen LogP contribution in [-0.4, -0.2) is 18.3 Å². The minimum Gasteiger partial charge on any atom is -0.396 e. The highest BCUT2D eigenvalue weighted by Crippen LogP contribution is 2.15. The molecule has 0 atom stereocenters. The van der Waals surface area contributed by atoms with Crippen LogP contribution in [0.15, 0.2) is 24.3 Å². The highest BCUT2D eigenvalue weighted by molar-refractivity contribution is 5.21. The molecule has 0 saturated carbocycles. The van der Waals surface area contributed by atoms with Gasteiger partial charge in [-0.1, -0.05) is 43.7 Å². The monoisotopic (exact) mass is 208 g/mol. The molecule has 0 aromatic heterocycles. The second-order valence-electron chi connectivity index (χ2n) is 4.80. The van der Waals surface area contributed by atoms with Crippen molar-refractivity contribution in [2.45, 2.75) is 27.4 Å². The number of benzene rings is 1. The van der Waals surface area contributed by atoms with Crippen LogP contribution in [0.4, 0.5) is 0 Å². The van der Waals surface area contributed by atoms with E-state index in [1.165, 1.54) is 11.1 Å². The van der Waals surface area contributed by atoms with Crippen LogP contribution in [0.25, 0.3) is 0 Å². The fourth-order valence-electron chi connectivity index (χ4n) is 1.29. The highest BCUT2D eigenvalue weighted by Gasteiger charge is 2.16. The maximum atomic E-state index is 9.06. The van der Waals surface area contributed by atoms with Crippen molar-refractivity contribution in [1.29, 1.82) is 0 Å². The topological polar surface area (TPSA) is 29.5 Å². The van der Waals surface area contributed by atoms with E-state index in [-0.39, 0.29) is 12.0 Å². The molecule has 0 unspecified atom stereocenters. The quantitative estimate of drug-likeness (QED) is 0.805. The zero-order valence-corrected chi connectivity index (χ0v) is 9.79. The number of hydrogen-bond donors (Lipinski definition) is 1. The largest absolute Gasteiger partial charge is 0.396 e. The summed E-state index contributed by atoms with van der Waals surface area (Å²) < 4.78 is 5.57. The summed E-state index contributed by atoms with van der Waals surface area (Å²) in [5, 5.41) is 9.06. The lowest BCUT2D eigenvalue weighted by atomic mass is 9.96. The van der Waals surface area contributed by atoms with Gasteiger partial charge in [-0.25, -0.2) is 0 Å². The van der Waals surface area contributed by atoms with Crippen LogP contribution in [-0.2, 0) is 11.3 Å². The number of ether oxygens (including phenoxy) is 1. The summed E-state index contributed by atoms with van der Waals surface area (Å²) in [6.45, 7) is 7.40. The fourth-order valence-corrected chi connectivity index (χ4v) is 1.29. The molecule has 1 N–H and O–H groups in total. The van der Waals surface area contributed by atoms with Gasteiger partial charge in [0.25, 0.3) is 0 Å². The molecule has 0 saturated heterocycles. The van der Waals surface area contributed by atoms with Crippen LogP contribution in [0.5, 0.6) is 0 Å². The Bertz CT molecular complexity index is 305. The van der Waals surface area contributed by atoms with Gasteiger partial charge in [-0.2, -0.15) is 0 Å². The molecule has 0 aliphatic rings. The SMILES string of the molecule is Cc1cccc(COCC(C)(C)CO)c1. The van der Waals surface area contributed by atoms with E-state index < -0.39 is 0 Å². The van der Waals surface area contributed by atoms with Crippen molar-refractivity contribution >= 4 is 0 Å². The Morgan fingerprint density at radius 2 is 2.07 bits per heavy atom. The van der Waals surface area contributed by atoms with Crippen molar-refractivity contribution in [3.05, 3.63) is 35.4 Å². The van der Waals surface area contributed by atoms with E-state index in [0.717, 1.165) is 0 Å². The maximum absolute atomic E-state index is 9.06. The first-order valence-corrected chi connectivity index (χ1v) is 5.28. The third-order valence-corrected chi connectivity index (χ3v) is 2.27. The second-order valence-corrected chi connectivity index (χ2v) is 4.80. The molecule has 2 nitrogen and oxygen atoms in total. The average Bonchev–Trinajstić information content (AvgIpc) is 2.18. The van der Waals surface area contributed by atoms with Crippen LogP contribution in [0, 0.1) is 12.3 Å². The first kappa shape index (κ1) is 12.2. The van der Waals surface area contributed by atoms with E-state index >= 15 is 0 Å². The summed E-state index contributed by atoms with van der Waals surface area (Å²) in [6, 6.07) is 8.28. The third-order valence-electron chi connectivity index (χ3n) is 2.27. The van der Waals surface area contributed by atoms with E-state index in [0.29, 0.717) is 13.2 Å². The first-order chi connectivity index (χ1) is 7.03. The predicted molar refractivity (Wildman–Crippen MR) is 61.7 cm³/mol. The first-order valence-electron chi connectivity index (χ1n) is 5.28. The Morgan fingerprint density at radius 3 is 2.67 bits per heavy atom. The molecule has 1 aromatic rings. The number of aliphatic hydroxyl groups excluding tert-OH is 1. The Hall–Kier alpha value is -0.860. The van der Waals surface area contributed by atoms with Crippen LogP contribution in [0.3, 0.4) is 0 Å². The van der Waals surface area contributed by atoms with Crippen LogP contribution in [0.2, 0.25) is 0 Å². The van der Waals surface area contributed by atoms with Crippen LogP contribution >= 0.6 is 0 Å². The van der Waals surface area contributed by atoms with E-state index in [4.69, 9.17) is 9.84 Å². The third kappa shape index (κ3) is 4.45. The van der Waals surface area contributed by atoms with Crippen molar-refractivity contribution < 1.29 is 9.84 Å². The standard InChI is InChI=1S/C13H20O2/c1-11-5-4-6-12(7-11)8-15-10-13(2,3)9-14/h4-7,14H,8-10H2,1-3H3. The summed E-state index contributed by atoms with van der Waals surface area (Å²) in [7, 11) is 0. The molecule has 0 amide bonds. The van der Waals surface area contributed by atoms with Gasteiger partial charge in [0.2, 0.25) is 0 Å². The van der Waals surface area contributed by atoms with Crippen molar-refractivity contribution in [3.8, 4) is 0 Å². The fraction of sp³-hybridized carbons (Fsp3) is 0.538. The molecule has 0 spiro atoms. The van der Waals surface area contributed by atoms with Gasteiger partial charge in [0, 0.05) is 5.41 Å². The molecular formula is C13H20O2.